The van der Waals surface area contributed by atoms with Gasteiger partial charge >= 0.3 is 6.03 Å². The van der Waals surface area contributed by atoms with Crippen LogP contribution in [-0.2, 0) is 0 Å². The van der Waals surface area contributed by atoms with E-state index in [0.29, 0.717) is 12.6 Å². The average molecular weight is 340 g/mol. The maximum atomic E-state index is 12.3. The van der Waals surface area contributed by atoms with Crippen LogP contribution in [0.4, 0.5) is 4.79 Å². The van der Waals surface area contributed by atoms with Crippen LogP contribution in [0.15, 0.2) is 30.6 Å². The molecule has 1 aliphatic rings. The summed E-state index contributed by atoms with van der Waals surface area (Å²) >= 11 is 0. The lowest BCUT2D eigenvalue weighted by Crippen LogP contribution is -2.45. The van der Waals surface area contributed by atoms with Crippen LogP contribution in [0.5, 0.6) is 0 Å². The fraction of sp³-hybridized carbons (Fsp3) is 0.500. The minimum absolute atomic E-state index is 0.0379. The smallest absolute Gasteiger partial charge is 0.317 e. The maximum Gasteiger partial charge on any atom is 0.317 e. The molecule has 0 saturated carbocycles. The van der Waals surface area contributed by atoms with E-state index in [2.05, 4.69) is 54.0 Å². The zero-order valence-electron chi connectivity index (χ0n) is 15.6. The molecular formula is C20H28N4O. The zero-order valence-corrected chi connectivity index (χ0v) is 15.6. The highest BCUT2D eigenvalue weighted by Crippen LogP contribution is 2.31. The van der Waals surface area contributed by atoms with E-state index < -0.39 is 0 Å². The molecule has 1 N–H and O–H groups in total. The number of urea groups is 1. The Morgan fingerprint density at radius 3 is 2.80 bits per heavy atom. The Morgan fingerprint density at radius 1 is 1.36 bits per heavy atom. The highest BCUT2D eigenvalue weighted by molar-refractivity contribution is 5.91. The molecule has 0 bridgehead atoms. The summed E-state index contributed by atoms with van der Waals surface area (Å²) < 4.78 is 2.23. The molecule has 2 aromatic heterocycles. The minimum atomic E-state index is 0.0379. The van der Waals surface area contributed by atoms with Gasteiger partial charge in [-0.05, 0) is 51.3 Å². The van der Waals surface area contributed by atoms with Crippen LogP contribution in [0.25, 0.3) is 16.6 Å². The fourth-order valence-electron chi connectivity index (χ4n) is 3.23. The Hall–Kier alpha value is -2.30. The van der Waals surface area contributed by atoms with E-state index in [1.165, 1.54) is 16.5 Å². The Labute approximate surface area is 149 Å². The van der Waals surface area contributed by atoms with Crippen molar-refractivity contribution in [2.24, 2.45) is 0 Å². The third kappa shape index (κ3) is 3.55. The number of carbonyl (C=O) groups excluding carboxylic acids is 1. The van der Waals surface area contributed by atoms with Gasteiger partial charge in [-0.3, -0.25) is 0 Å². The monoisotopic (exact) mass is 340 g/mol. The second-order valence-electron chi connectivity index (χ2n) is 7.10. The van der Waals surface area contributed by atoms with Crippen molar-refractivity contribution in [3.63, 3.8) is 0 Å². The molecule has 1 atom stereocenters. The average Bonchev–Trinajstić information content (AvgIpc) is 3.01. The fourth-order valence-corrected chi connectivity index (χ4v) is 3.23. The topological polar surface area (TPSA) is 50.2 Å². The lowest BCUT2D eigenvalue weighted by molar-refractivity contribution is 0.199. The number of fused-ring (bicyclic) bond motifs is 1. The van der Waals surface area contributed by atoms with Gasteiger partial charge in [0.15, 0.2) is 0 Å². The van der Waals surface area contributed by atoms with Crippen molar-refractivity contribution < 1.29 is 4.79 Å². The highest BCUT2D eigenvalue weighted by Gasteiger charge is 2.21. The first-order valence-corrected chi connectivity index (χ1v) is 9.21. The molecule has 5 nitrogen and oxygen atoms in total. The predicted molar refractivity (Wildman–Crippen MR) is 103 cm³/mol. The van der Waals surface area contributed by atoms with Crippen molar-refractivity contribution in [2.45, 2.75) is 52.6 Å². The molecule has 3 heterocycles. The summed E-state index contributed by atoms with van der Waals surface area (Å²) in [5.41, 5.74) is 3.59. The second kappa shape index (κ2) is 7.30. The van der Waals surface area contributed by atoms with Crippen LogP contribution in [0.3, 0.4) is 0 Å². The van der Waals surface area contributed by atoms with Gasteiger partial charge in [0.05, 0.1) is 0 Å². The lowest BCUT2D eigenvalue weighted by atomic mass is 10.00. The summed E-state index contributed by atoms with van der Waals surface area (Å²) in [4.78, 5) is 18.7. The molecule has 3 rings (SSSR count). The normalized spacial score (nSPS) is 16.2. The van der Waals surface area contributed by atoms with Gasteiger partial charge in [-0.2, -0.15) is 0 Å². The number of pyridine rings is 1. The van der Waals surface area contributed by atoms with Crippen molar-refractivity contribution in [3.8, 4) is 0 Å². The predicted octanol–water partition coefficient (Wildman–Crippen LogP) is 4.21. The van der Waals surface area contributed by atoms with Gasteiger partial charge in [-0.25, -0.2) is 9.78 Å². The molecule has 134 valence electrons. The largest absolute Gasteiger partial charge is 0.336 e. The van der Waals surface area contributed by atoms with Crippen LogP contribution < -0.4 is 5.32 Å². The maximum absolute atomic E-state index is 12.3. The summed E-state index contributed by atoms with van der Waals surface area (Å²) in [6.45, 7) is 9.88. The SMILES string of the molecule is CCC(C)NC(=O)N1CC=C(c2cn(C(C)C)c3ncccc23)CC1. The molecular weight excluding hydrogens is 312 g/mol. The van der Waals surface area contributed by atoms with Gasteiger partial charge in [0, 0.05) is 48.5 Å². The quantitative estimate of drug-likeness (QED) is 0.906. The minimum Gasteiger partial charge on any atom is -0.336 e. The number of aromatic nitrogens is 2. The highest BCUT2D eigenvalue weighted by atomic mass is 16.2. The van der Waals surface area contributed by atoms with Gasteiger partial charge in [-0.1, -0.05) is 13.0 Å². The molecule has 25 heavy (non-hydrogen) atoms. The van der Waals surface area contributed by atoms with E-state index in [0.717, 1.165) is 25.0 Å². The Kier molecular flexibility index (Phi) is 5.11. The summed E-state index contributed by atoms with van der Waals surface area (Å²) in [7, 11) is 0. The van der Waals surface area contributed by atoms with Gasteiger partial charge in [-0.15, -0.1) is 0 Å². The van der Waals surface area contributed by atoms with Crippen molar-refractivity contribution in [1.29, 1.82) is 0 Å². The van der Waals surface area contributed by atoms with Crippen LogP contribution in [0, 0.1) is 0 Å². The van der Waals surface area contributed by atoms with Crippen LogP contribution in [-0.4, -0.2) is 39.6 Å². The molecule has 0 aromatic carbocycles. The summed E-state index contributed by atoms with van der Waals surface area (Å²) in [5.74, 6) is 0. The van der Waals surface area contributed by atoms with E-state index in [1.807, 2.05) is 24.1 Å². The standard InChI is InChI=1S/C20H28N4O/c1-5-15(4)22-20(25)23-11-8-16(9-12-23)18-13-24(14(2)3)19-17(18)7-6-10-21-19/h6-8,10,13-15H,5,9,11-12H2,1-4H3,(H,22,25). The molecule has 0 spiro atoms. The number of hydrogen-bond donors (Lipinski definition) is 1. The number of carbonyl (C=O) groups is 1. The van der Waals surface area contributed by atoms with Crippen molar-refractivity contribution in [1.82, 2.24) is 19.8 Å². The first-order valence-electron chi connectivity index (χ1n) is 9.21. The zero-order chi connectivity index (χ0) is 18.0. The molecule has 5 heteroatoms. The summed E-state index contributed by atoms with van der Waals surface area (Å²) in [6, 6.07) is 4.75. The number of rotatable bonds is 4. The first-order chi connectivity index (χ1) is 12.0. The van der Waals surface area contributed by atoms with Crippen molar-refractivity contribution in [3.05, 3.63) is 36.2 Å². The molecule has 0 saturated heterocycles. The molecule has 1 aliphatic heterocycles. The molecule has 0 fully saturated rings. The number of nitrogens with one attached hydrogen (secondary N) is 1. The van der Waals surface area contributed by atoms with E-state index >= 15 is 0 Å². The molecule has 2 aromatic rings. The Morgan fingerprint density at radius 2 is 2.16 bits per heavy atom. The van der Waals surface area contributed by atoms with Gasteiger partial charge in [0.2, 0.25) is 0 Å². The summed E-state index contributed by atoms with van der Waals surface area (Å²) in [5, 5.41) is 4.24. The van der Waals surface area contributed by atoms with Crippen LogP contribution in [0.2, 0.25) is 0 Å². The molecule has 2 amide bonds. The third-order valence-corrected chi connectivity index (χ3v) is 4.97. The molecule has 0 radical (unpaired) electrons. The number of nitrogens with zero attached hydrogens (tertiary/aromatic N) is 3. The Balaban J connectivity index is 1.82. The van der Waals surface area contributed by atoms with Crippen LogP contribution >= 0.6 is 0 Å². The summed E-state index contributed by atoms with van der Waals surface area (Å²) in [6.07, 6.45) is 8.07. The second-order valence-corrected chi connectivity index (χ2v) is 7.10. The van der Waals surface area contributed by atoms with Gasteiger partial charge in [0.1, 0.15) is 5.65 Å². The lowest BCUT2D eigenvalue weighted by Gasteiger charge is -2.28. The van der Waals surface area contributed by atoms with Gasteiger partial charge in [0.25, 0.3) is 0 Å². The number of amides is 2. The molecule has 1 unspecified atom stereocenters. The van der Waals surface area contributed by atoms with Gasteiger partial charge < -0.3 is 14.8 Å². The van der Waals surface area contributed by atoms with E-state index in [1.54, 1.807) is 0 Å². The van der Waals surface area contributed by atoms with Crippen molar-refractivity contribution >= 4 is 22.6 Å². The van der Waals surface area contributed by atoms with E-state index in [-0.39, 0.29) is 12.1 Å². The third-order valence-electron chi connectivity index (χ3n) is 4.97. The first kappa shape index (κ1) is 17.5. The van der Waals surface area contributed by atoms with E-state index in [4.69, 9.17) is 0 Å². The van der Waals surface area contributed by atoms with E-state index in [9.17, 15) is 4.79 Å². The Bertz CT molecular complexity index is 790. The number of hydrogen-bond acceptors (Lipinski definition) is 2. The van der Waals surface area contributed by atoms with Crippen molar-refractivity contribution in [2.75, 3.05) is 13.1 Å². The molecule has 0 aliphatic carbocycles. The van der Waals surface area contributed by atoms with Crippen LogP contribution in [0.1, 0.15) is 52.1 Å².